The van der Waals surface area contributed by atoms with E-state index >= 15 is 0 Å². The second kappa shape index (κ2) is 9.21. The number of hydrogen-bond donors (Lipinski definition) is 2. The van der Waals surface area contributed by atoms with E-state index in [4.69, 9.17) is 0 Å². The van der Waals surface area contributed by atoms with Crippen LogP contribution >= 0.6 is 12.4 Å². The van der Waals surface area contributed by atoms with Crippen LogP contribution in [-0.4, -0.2) is 44.9 Å². The van der Waals surface area contributed by atoms with E-state index in [1.54, 1.807) is 6.07 Å². The lowest BCUT2D eigenvalue weighted by Crippen LogP contribution is -2.32. The number of aryl methyl sites for hydroxylation is 2. The fraction of sp³-hybridized carbons (Fsp3) is 0.450. The lowest BCUT2D eigenvalue weighted by molar-refractivity contribution is 0.0946. The quantitative estimate of drug-likeness (QED) is 0.621. The molecular formula is C20H27ClN6O. The van der Waals surface area contributed by atoms with Crippen LogP contribution in [0.2, 0.25) is 0 Å². The van der Waals surface area contributed by atoms with Gasteiger partial charge in [-0.1, -0.05) is 12.1 Å². The number of aromatic nitrogens is 4. The van der Waals surface area contributed by atoms with Gasteiger partial charge in [-0.25, -0.2) is 4.98 Å². The number of rotatable bonds is 6. The second-order valence-electron chi connectivity index (χ2n) is 7.09. The molecule has 1 saturated heterocycles. The zero-order valence-corrected chi connectivity index (χ0v) is 16.9. The van der Waals surface area contributed by atoms with E-state index in [2.05, 4.69) is 31.3 Å². The average Bonchev–Trinajstić information content (AvgIpc) is 3.31. The predicted octanol–water partition coefficient (Wildman–Crippen LogP) is 2.71. The van der Waals surface area contributed by atoms with Gasteiger partial charge in [0.25, 0.3) is 5.91 Å². The van der Waals surface area contributed by atoms with Crippen molar-refractivity contribution in [3.63, 3.8) is 0 Å². The highest BCUT2D eigenvalue weighted by molar-refractivity contribution is 5.92. The van der Waals surface area contributed by atoms with Gasteiger partial charge in [-0.2, -0.15) is 5.10 Å². The SMILES string of the molecule is Cc1nc2ccccc2n1CCCNC(=O)c1ccn(C2CCCNC2)n1.Cl. The molecule has 7 nitrogen and oxygen atoms in total. The minimum Gasteiger partial charge on any atom is -0.351 e. The molecule has 1 aliphatic rings. The Hall–Kier alpha value is -2.38. The summed E-state index contributed by atoms with van der Waals surface area (Å²) in [7, 11) is 0. The van der Waals surface area contributed by atoms with Crippen molar-refractivity contribution in [2.75, 3.05) is 19.6 Å². The van der Waals surface area contributed by atoms with Crippen LogP contribution in [0.25, 0.3) is 11.0 Å². The smallest absolute Gasteiger partial charge is 0.271 e. The molecule has 4 rings (SSSR count). The Morgan fingerprint density at radius 3 is 3.00 bits per heavy atom. The third-order valence-electron chi connectivity index (χ3n) is 5.18. The molecule has 1 unspecified atom stereocenters. The summed E-state index contributed by atoms with van der Waals surface area (Å²) in [4.78, 5) is 16.9. The molecule has 1 amide bonds. The van der Waals surface area contributed by atoms with Crippen LogP contribution in [-0.2, 0) is 6.54 Å². The van der Waals surface area contributed by atoms with E-state index in [-0.39, 0.29) is 18.3 Å². The first-order valence-electron chi connectivity index (χ1n) is 9.68. The Labute approximate surface area is 170 Å². The van der Waals surface area contributed by atoms with Crippen molar-refractivity contribution in [3.05, 3.63) is 48.0 Å². The molecule has 1 fully saturated rings. The summed E-state index contributed by atoms with van der Waals surface area (Å²) in [5, 5.41) is 10.8. The second-order valence-corrected chi connectivity index (χ2v) is 7.09. The third kappa shape index (κ3) is 4.36. The van der Waals surface area contributed by atoms with Crippen molar-refractivity contribution < 1.29 is 4.79 Å². The fourth-order valence-electron chi connectivity index (χ4n) is 3.73. The molecule has 1 aliphatic heterocycles. The molecule has 3 heterocycles. The van der Waals surface area contributed by atoms with Crippen molar-refractivity contribution in [2.45, 2.75) is 38.8 Å². The third-order valence-corrected chi connectivity index (χ3v) is 5.18. The van der Waals surface area contributed by atoms with Crippen LogP contribution in [0.15, 0.2) is 36.5 Å². The first kappa shape index (κ1) is 20.4. The largest absolute Gasteiger partial charge is 0.351 e. The van der Waals surface area contributed by atoms with Gasteiger partial charge in [0.2, 0.25) is 0 Å². The zero-order chi connectivity index (χ0) is 18.6. The molecular weight excluding hydrogens is 376 g/mol. The average molecular weight is 403 g/mol. The van der Waals surface area contributed by atoms with Crippen molar-refractivity contribution in [1.82, 2.24) is 30.0 Å². The molecule has 2 N–H and O–H groups in total. The topological polar surface area (TPSA) is 76.8 Å². The zero-order valence-electron chi connectivity index (χ0n) is 16.1. The van der Waals surface area contributed by atoms with Gasteiger partial charge in [-0.15, -0.1) is 12.4 Å². The van der Waals surface area contributed by atoms with Gasteiger partial charge in [0, 0.05) is 25.8 Å². The standard InChI is InChI=1S/C20H26N6O.ClH/c1-15-23-17-7-2-3-8-19(17)25(15)12-5-11-22-20(27)18-9-13-26(24-18)16-6-4-10-21-14-16;/h2-3,7-9,13,16,21H,4-6,10-12,14H2,1H3,(H,22,27);1H. The van der Waals surface area contributed by atoms with Crippen LogP contribution in [0.1, 0.15) is 41.6 Å². The normalized spacial score (nSPS) is 16.7. The summed E-state index contributed by atoms with van der Waals surface area (Å²) in [5.74, 6) is 0.895. The van der Waals surface area contributed by atoms with Crippen LogP contribution < -0.4 is 10.6 Å². The molecule has 1 aromatic carbocycles. The first-order chi connectivity index (χ1) is 13.2. The maximum absolute atomic E-state index is 12.4. The fourth-order valence-corrected chi connectivity index (χ4v) is 3.73. The minimum absolute atomic E-state index is 0. The number of fused-ring (bicyclic) bond motifs is 1. The van der Waals surface area contributed by atoms with Crippen LogP contribution in [0.3, 0.4) is 0 Å². The van der Waals surface area contributed by atoms with Crippen molar-refractivity contribution in [1.29, 1.82) is 0 Å². The molecule has 3 aromatic rings. The monoisotopic (exact) mass is 402 g/mol. The van der Waals surface area contributed by atoms with E-state index in [0.717, 1.165) is 55.8 Å². The minimum atomic E-state index is -0.107. The Bertz CT molecular complexity index is 928. The predicted molar refractivity (Wildman–Crippen MR) is 112 cm³/mol. The first-order valence-corrected chi connectivity index (χ1v) is 9.68. The van der Waals surface area contributed by atoms with E-state index in [0.29, 0.717) is 18.3 Å². The number of nitrogens with one attached hydrogen (secondary N) is 2. The van der Waals surface area contributed by atoms with Crippen molar-refractivity contribution >= 4 is 29.3 Å². The van der Waals surface area contributed by atoms with Gasteiger partial charge in [0.15, 0.2) is 0 Å². The van der Waals surface area contributed by atoms with E-state index in [9.17, 15) is 4.79 Å². The molecule has 0 aliphatic carbocycles. The Balaban J connectivity index is 0.00000225. The molecule has 1 atom stereocenters. The molecule has 8 heteroatoms. The van der Waals surface area contributed by atoms with Gasteiger partial charge < -0.3 is 15.2 Å². The number of imidazole rings is 1. The summed E-state index contributed by atoms with van der Waals surface area (Å²) < 4.78 is 4.12. The lowest BCUT2D eigenvalue weighted by atomic mass is 10.1. The van der Waals surface area contributed by atoms with Gasteiger partial charge in [-0.3, -0.25) is 9.48 Å². The molecule has 150 valence electrons. The molecule has 0 saturated carbocycles. The highest BCUT2D eigenvalue weighted by Gasteiger charge is 2.17. The molecule has 0 bridgehead atoms. The number of benzene rings is 1. The van der Waals surface area contributed by atoms with E-state index in [1.165, 1.54) is 0 Å². The number of halogens is 1. The maximum atomic E-state index is 12.4. The van der Waals surface area contributed by atoms with E-state index < -0.39 is 0 Å². The van der Waals surface area contributed by atoms with Gasteiger partial charge in [0.05, 0.1) is 17.1 Å². The number of amides is 1. The van der Waals surface area contributed by atoms with Gasteiger partial charge >= 0.3 is 0 Å². The molecule has 0 spiro atoms. The molecule has 0 radical (unpaired) electrons. The molecule has 2 aromatic heterocycles. The van der Waals surface area contributed by atoms with Gasteiger partial charge in [0.1, 0.15) is 11.5 Å². The summed E-state index contributed by atoms with van der Waals surface area (Å²) in [5.41, 5.74) is 2.65. The lowest BCUT2D eigenvalue weighted by Gasteiger charge is -2.22. The molecule has 28 heavy (non-hydrogen) atoms. The number of carbonyl (C=O) groups excluding carboxylic acids is 1. The van der Waals surface area contributed by atoms with E-state index in [1.807, 2.05) is 36.0 Å². The summed E-state index contributed by atoms with van der Waals surface area (Å²) in [6, 6.07) is 10.3. The Morgan fingerprint density at radius 2 is 2.18 bits per heavy atom. The summed E-state index contributed by atoms with van der Waals surface area (Å²) >= 11 is 0. The number of hydrogen-bond acceptors (Lipinski definition) is 4. The van der Waals surface area contributed by atoms with Crippen molar-refractivity contribution in [3.8, 4) is 0 Å². The van der Waals surface area contributed by atoms with Crippen molar-refractivity contribution in [2.24, 2.45) is 0 Å². The highest BCUT2D eigenvalue weighted by atomic mass is 35.5. The Kier molecular flexibility index (Phi) is 6.70. The number of piperidine rings is 1. The van der Waals surface area contributed by atoms with Gasteiger partial charge in [-0.05, 0) is 50.9 Å². The van der Waals surface area contributed by atoms with Crippen LogP contribution in [0.5, 0.6) is 0 Å². The maximum Gasteiger partial charge on any atom is 0.271 e. The summed E-state index contributed by atoms with van der Waals surface area (Å²) in [6.07, 6.45) is 5.01. The Morgan fingerprint density at radius 1 is 1.32 bits per heavy atom. The van der Waals surface area contributed by atoms with Crippen LogP contribution in [0, 0.1) is 6.92 Å². The van der Waals surface area contributed by atoms with Crippen LogP contribution in [0.4, 0.5) is 0 Å². The number of carbonyl (C=O) groups is 1. The number of para-hydroxylation sites is 2. The highest BCUT2D eigenvalue weighted by Crippen LogP contribution is 2.16. The number of nitrogens with zero attached hydrogens (tertiary/aromatic N) is 4. The summed E-state index contributed by atoms with van der Waals surface area (Å²) in [6.45, 7) is 5.44.